The minimum absolute atomic E-state index is 0.262. The van der Waals surface area contributed by atoms with E-state index in [1.807, 2.05) is 11.6 Å². The fourth-order valence-electron chi connectivity index (χ4n) is 2.13. The molecule has 0 aromatic carbocycles. The molecule has 0 bridgehead atoms. The number of nitrogen functional groups attached to an aromatic ring is 1. The molecule has 3 rings (SSSR count). The minimum Gasteiger partial charge on any atom is -0.394 e. The zero-order chi connectivity index (χ0) is 9.76. The predicted octanol–water partition coefficient (Wildman–Crippen LogP) is 0.216. The summed E-state index contributed by atoms with van der Waals surface area (Å²) in [5, 5.41) is 7.74. The highest BCUT2D eigenvalue weighted by Crippen LogP contribution is 2.36. The molecule has 3 heterocycles. The van der Waals surface area contributed by atoms with Crippen molar-refractivity contribution in [1.82, 2.24) is 9.78 Å². The van der Waals surface area contributed by atoms with Gasteiger partial charge in [-0.15, -0.1) is 0 Å². The number of fused-ring (bicyclic) bond motifs is 1. The molecule has 5 nitrogen and oxygen atoms in total. The molecule has 76 valence electrons. The van der Waals surface area contributed by atoms with Crippen LogP contribution in [0.1, 0.15) is 5.69 Å². The van der Waals surface area contributed by atoms with Crippen molar-refractivity contribution in [2.24, 2.45) is 5.41 Å². The molecule has 1 saturated heterocycles. The number of nitrogens with two attached hydrogens (primary N) is 1. The molecule has 2 aliphatic heterocycles. The molecule has 0 unspecified atom stereocenters. The Labute approximate surface area is 82.2 Å². The van der Waals surface area contributed by atoms with E-state index in [1.54, 1.807) is 0 Å². The van der Waals surface area contributed by atoms with Crippen LogP contribution in [0.4, 0.5) is 11.5 Å². The predicted molar refractivity (Wildman–Crippen MR) is 53.1 cm³/mol. The summed E-state index contributed by atoms with van der Waals surface area (Å²) in [5.74, 6) is 0.972. The maximum Gasteiger partial charge on any atom is 0.148 e. The van der Waals surface area contributed by atoms with Crippen molar-refractivity contribution in [2.45, 2.75) is 13.5 Å². The van der Waals surface area contributed by atoms with E-state index in [0.29, 0.717) is 0 Å². The van der Waals surface area contributed by atoms with Crippen LogP contribution < -0.4 is 11.1 Å². The number of hydrogen-bond donors (Lipinski definition) is 2. The molecule has 1 fully saturated rings. The Hall–Kier alpha value is -1.23. The third-order valence-corrected chi connectivity index (χ3v) is 3.11. The summed E-state index contributed by atoms with van der Waals surface area (Å²) < 4.78 is 7.22. The van der Waals surface area contributed by atoms with Gasteiger partial charge in [0, 0.05) is 6.54 Å². The third kappa shape index (κ3) is 0.901. The van der Waals surface area contributed by atoms with Gasteiger partial charge in [-0.3, -0.25) is 0 Å². The van der Waals surface area contributed by atoms with Gasteiger partial charge >= 0.3 is 0 Å². The second-order valence-corrected chi connectivity index (χ2v) is 4.35. The molecule has 5 heteroatoms. The number of nitrogens with one attached hydrogen (secondary N) is 1. The Balaban J connectivity index is 1.98. The number of aromatic nitrogens is 2. The van der Waals surface area contributed by atoms with Crippen LogP contribution in [0, 0.1) is 12.3 Å². The fourth-order valence-corrected chi connectivity index (χ4v) is 2.13. The molecule has 2 aliphatic rings. The van der Waals surface area contributed by atoms with Crippen molar-refractivity contribution in [1.29, 1.82) is 0 Å². The van der Waals surface area contributed by atoms with Gasteiger partial charge in [-0.05, 0) is 6.92 Å². The van der Waals surface area contributed by atoms with Gasteiger partial charge in [0.05, 0.1) is 36.6 Å². The van der Waals surface area contributed by atoms with Crippen molar-refractivity contribution in [3.8, 4) is 0 Å². The highest BCUT2D eigenvalue weighted by Gasteiger charge is 2.42. The molecule has 14 heavy (non-hydrogen) atoms. The van der Waals surface area contributed by atoms with Crippen molar-refractivity contribution in [2.75, 3.05) is 30.8 Å². The molecule has 0 radical (unpaired) electrons. The zero-order valence-corrected chi connectivity index (χ0v) is 8.21. The molecule has 1 spiro atoms. The van der Waals surface area contributed by atoms with E-state index in [-0.39, 0.29) is 5.41 Å². The van der Waals surface area contributed by atoms with E-state index in [9.17, 15) is 0 Å². The maximum atomic E-state index is 5.89. The molecular weight excluding hydrogens is 180 g/mol. The van der Waals surface area contributed by atoms with Gasteiger partial charge in [-0.1, -0.05) is 0 Å². The van der Waals surface area contributed by atoms with E-state index in [2.05, 4.69) is 10.4 Å². The molecule has 1 aromatic heterocycles. The average molecular weight is 194 g/mol. The molecule has 0 saturated carbocycles. The monoisotopic (exact) mass is 194 g/mol. The number of ether oxygens (including phenoxy) is 1. The summed E-state index contributed by atoms with van der Waals surface area (Å²) in [7, 11) is 0. The van der Waals surface area contributed by atoms with Crippen LogP contribution in [0.15, 0.2) is 0 Å². The van der Waals surface area contributed by atoms with Crippen molar-refractivity contribution < 1.29 is 4.74 Å². The summed E-state index contributed by atoms with van der Waals surface area (Å²) in [4.78, 5) is 0. The minimum atomic E-state index is 0.262. The average Bonchev–Trinajstić information content (AvgIpc) is 2.40. The van der Waals surface area contributed by atoms with Crippen molar-refractivity contribution in [3.05, 3.63) is 5.69 Å². The van der Waals surface area contributed by atoms with E-state index in [4.69, 9.17) is 10.5 Å². The zero-order valence-electron chi connectivity index (χ0n) is 8.21. The van der Waals surface area contributed by atoms with Crippen LogP contribution >= 0.6 is 0 Å². The fraction of sp³-hybridized carbons (Fsp3) is 0.667. The summed E-state index contributed by atoms with van der Waals surface area (Å²) in [6.45, 7) is 5.47. The smallest absolute Gasteiger partial charge is 0.148 e. The van der Waals surface area contributed by atoms with Crippen molar-refractivity contribution >= 4 is 11.5 Å². The van der Waals surface area contributed by atoms with Crippen molar-refractivity contribution in [3.63, 3.8) is 0 Å². The first kappa shape index (κ1) is 8.11. The summed E-state index contributed by atoms with van der Waals surface area (Å²) in [6.07, 6.45) is 0. The van der Waals surface area contributed by atoms with E-state index >= 15 is 0 Å². The molecule has 0 atom stereocenters. The van der Waals surface area contributed by atoms with Gasteiger partial charge in [0.2, 0.25) is 0 Å². The van der Waals surface area contributed by atoms with Crippen LogP contribution in [0.25, 0.3) is 0 Å². The van der Waals surface area contributed by atoms with Crippen LogP contribution in [-0.2, 0) is 11.3 Å². The van der Waals surface area contributed by atoms with Gasteiger partial charge in [-0.25, -0.2) is 4.68 Å². The Morgan fingerprint density at radius 3 is 3.00 bits per heavy atom. The largest absolute Gasteiger partial charge is 0.394 e. The summed E-state index contributed by atoms with van der Waals surface area (Å²) in [6, 6.07) is 0. The van der Waals surface area contributed by atoms with E-state index in [0.717, 1.165) is 43.5 Å². The highest BCUT2D eigenvalue weighted by atomic mass is 16.5. The standard InChI is InChI=1S/C9H14N4O/c1-6-7(10)8-11-2-9(4-14-5-9)3-13(8)12-6/h11H,2-5,10H2,1H3. The van der Waals surface area contributed by atoms with Crippen LogP contribution in [0.5, 0.6) is 0 Å². The van der Waals surface area contributed by atoms with E-state index < -0.39 is 0 Å². The van der Waals surface area contributed by atoms with Crippen LogP contribution in [0.2, 0.25) is 0 Å². The molecule has 3 N–H and O–H groups in total. The second kappa shape index (κ2) is 2.42. The first-order valence-corrected chi connectivity index (χ1v) is 4.85. The number of nitrogens with zero attached hydrogens (tertiary/aromatic N) is 2. The molecule has 0 amide bonds. The lowest BCUT2D eigenvalue weighted by Gasteiger charge is -2.44. The topological polar surface area (TPSA) is 65.1 Å². The van der Waals surface area contributed by atoms with Gasteiger partial charge < -0.3 is 15.8 Å². The van der Waals surface area contributed by atoms with Crippen LogP contribution in [0.3, 0.4) is 0 Å². The first-order chi connectivity index (χ1) is 6.70. The third-order valence-electron chi connectivity index (χ3n) is 3.11. The quantitative estimate of drug-likeness (QED) is 0.620. The highest BCUT2D eigenvalue weighted by molar-refractivity contribution is 5.65. The first-order valence-electron chi connectivity index (χ1n) is 4.85. The van der Waals surface area contributed by atoms with Gasteiger partial charge in [-0.2, -0.15) is 5.10 Å². The Morgan fingerprint density at radius 1 is 1.57 bits per heavy atom. The number of hydrogen-bond acceptors (Lipinski definition) is 4. The molecule has 0 aliphatic carbocycles. The lowest BCUT2D eigenvalue weighted by molar-refractivity contribution is -0.117. The van der Waals surface area contributed by atoms with Gasteiger partial charge in [0.25, 0.3) is 0 Å². The number of anilines is 2. The number of aryl methyl sites for hydroxylation is 1. The van der Waals surface area contributed by atoms with Gasteiger partial charge in [0.1, 0.15) is 5.82 Å². The Kier molecular flexibility index (Phi) is 1.40. The summed E-state index contributed by atoms with van der Waals surface area (Å²) >= 11 is 0. The molecular formula is C9H14N4O. The number of rotatable bonds is 0. The second-order valence-electron chi connectivity index (χ2n) is 4.35. The lowest BCUT2D eigenvalue weighted by Crippen LogP contribution is -2.53. The summed E-state index contributed by atoms with van der Waals surface area (Å²) in [5.41, 5.74) is 7.84. The normalized spacial score (nSPS) is 22.6. The molecule has 1 aromatic rings. The Morgan fingerprint density at radius 2 is 2.36 bits per heavy atom. The SMILES string of the molecule is Cc1nn2c(c1N)NCC1(COC1)C2. The van der Waals surface area contributed by atoms with E-state index in [1.165, 1.54) is 0 Å². The van der Waals surface area contributed by atoms with Gasteiger partial charge in [0.15, 0.2) is 0 Å². The van der Waals surface area contributed by atoms with Crippen LogP contribution in [-0.4, -0.2) is 29.5 Å². The lowest BCUT2D eigenvalue weighted by atomic mass is 9.85. The maximum absolute atomic E-state index is 5.89. The Bertz CT molecular complexity index is 380.